The van der Waals surface area contributed by atoms with Crippen LogP contribution >= 0.6 is 0 Å². The van der Waals surface area contributed by atoms with Gasteiger partial charge < -0.3 is 23.7 Å². The summed E-state index contributed by atoms with van der Waals surface area (Å²) in [5.74, 6) is -0.960. The lowest BCUT2D eigenvalue weighted by atomic mass is 9.87. The summed E-state index contributed by atoms with van der Waals surface area (Å²) in [5.41, 5.74) is 0.837. The minimum absolute atomic E-state index is 0.0910. The monoisotopic (exact) mass is 565 g/mol. The van der Waals surface area contributed by atoms with Crippen LogP contribution in [0.3, 0.4) is 0 Å². The van der Waals surface area contributed by atoms with E-state index in [9.17, 15) is 14.7 Å². The molecule has 9 heteroatoms. The fourth-order valence-corrected chi connectivity index (χ4v) is 5.88. The first kappa shape index (κ1) is 33.4. The Morgan fingerprint density at radius 3 is 2.28 bits per heavy atom. The van der Waals surface area contributed by atoms with Crippen molar-refractivity contribution in [3.05, 3.63) is 35.9 Å². The zero-order valence-corrected chi connectivity index (χ0v) is 26.6. The summed E-state index contributed by atoms with van der Waals surface area (Å²) in [6, 6.07) is 8.93. The van der Waals surface area contributed by atoms with Gasteiger partial charge in [0, 0.05) is 19.6 Å². The molecule has 1 aliphatic rings. The number of nitrogens with zero attached hydrogens (tertiary/aromatic N) is 1. The smallest absolute Gasteiger partial charge is 0.417 e. The van der Waals surface area contributed by atoms with Crippen molar-refractivity contribution < 1.29 is 33.3 Å². The topological polar surface area (TPSA) is 94.5 Å². The van der Waals surface area contributed by atoms with Crippen molar-refractivity contribution in [2.24, 2.45) is 17.8 Å². The van der Waals surface area contributed by atoms with Crippen molar-refractivity contribution in [2.75, 3.05) is 20.5 Å². The molecule has 1 aromatic carbocycles. The molecule has 0 bridgehead atoms. The number of aliphatic hydroxyl groups excluding tert-OH is 1. The molecule has 8 nitrogen and oxygen atoms in total. The van der Waals surface area contributed by atoms with E-state index in [-0.39, 0.29) is 29.8 Å². The molecule has 1 heterocycles. The predicted molar refractivity (Wildman–Crippen MR) is 155 cm³/mol. The van der Waals surface area contributed by atoms with E-state index in [1.165, 1.54) is 0 Å². The number of ether oxygens (including phenoxy) is 3. The number of carbonyl (C=O) groups excluding carboxylic acids is 2. The zero-order valence-electron chi connectivity index (χ0n) is 25.6. The van der Waals surface area contributed by atoms with Crippen LogP contribution in [0, 0.1) is 17.8 Å². The van der Waals surface area contributed by atoms with Crippen LogP contribution in [-0.2, 0) is 23.4 Å². The Morgan fingerprint density at radius 2 is 1.72 bits per heavy atom. The van der Waals surface area contributed by atoms with Crippen LogP contribution in [0.25, 0.3) is 0 Å². The molecule has 0 aliphatic carbocycles. The Labute approximate surface area is 236 Å². The van der Waals surface area contributed by atoms with Crippen LogP contribution in [-0.4, -0.2) is 69.1 Å². The summed E-state index contributed by atoms with van der Waals surface area (Å²) in [4.78, 5) is 27.1. The molecule has 0 aromatic heterocycles. The van der Waals surface area contributed by atoms with Gasteiger partial charge in [-0.1, -0.05) is 71.9 Å². The fraction of sp³-hybridized carbons (Fsp3) is 0.733. The highest BCUT2D eigenvalue weighted by Gasteiger charge is 2.45. The Hall–Kier alpha value is -1.78. The van der Waals surface area contributed by atoms with Crippen molar-refractivity contribution in [1.82, 2.24) is 4.90 Å². The van der Waals surface area contributed by atoms with Crippen LogP contribution in [0.5, 0.6) is 0 Å². The van der Waals surface area contributed by atoms with Crippen molar-refractivity contribution in [3.63, 3.8) is 0 Å². The maximum Gasteiger partial charge on any atom is 0.417 e. The highest BCUT2D eigenvalue weighted by atomic mass is 28.4. The maximum atomic E-state index is 13.3. The van der Waals surface area contributed by atoms with Gasteiger partial charge in [-0.25, -0.2) is 9.69 Å². The van der Waals surface area contributed by atoms with Gasteiger partial charge >= 0.3 is 6.09 Å². The third kappa shape index (κ3) is 8.60. The van der Waals surface area contributed by atoms with Gasteiger partial charge in [-0.2, -0.15) is 0 Å². The first-order valence-corrected chi connectivity index (χ1v) is 17.0. The van der Waals surface area contributed by atoms with Gasteiger partial charge in [0.1, 0.15) is 12.9 Å². The summed E-state index contributed by atoms with van der Waals surface area (Å²) in [5, 5.41) is 11.1. The van der Waals surface area contributed by atoms with E-state index in [0.29, 0.717) is 19.4 Å². The highest BCUT2D eigenvalue weighted by Crippen LogP contribution is 2.37. The van der Waals surface area contributed by atoms with Crippen LogP contribution in [0.1, 0.15) is 73.0 Å². The average molecular weight is 566 g/mol. The van der Waals surface area contributed by atoms with Gasteiger partial charge in [-0.3, -0.25) is 4.79 Å². The second-order valence-corrected chi connectivity index (χ2v) is 17.5. The number of hydrogen-bond donors (Lipinski definition) is 1. The predicted octanol–water partition coefficient (Wildman–Crippen LogP) is 6.16. The second kappa shape index (κ2) is 14.2. The molecular weight excluding hydrogens is 514 g/mol. The van der Waals surface area contributed by atoms with Crippen molar-refractivity contribution >= 4 is 20.3 Å². The lowest BCUT2D eigenvalue weighted by Crippen LogP contribution is -2.44. The Bertz CT molecular complexity index is 920. The molecule has 1 aliphatic heterocycles. The normalized spacial score (nSPS) is 22.2. The zero-order chi connectivity index (χ0) is 29.5. The van der Waals surface area contributed by atoms with Crippen LogP contribution in [0.15, 0.2) is 30.3 Å². The molecule has 1 aromatic rings. The van der Waals surface area contributed by atoms with Crippen molar-refractivity contribution in [1.29, 1.82) is 0 Å². The van der Waals surface area contributed by atoms with Gasteiger partial charge in [0.15, 0.2) is 8.32 Å². The van der Waals surface area contributed by atoms with E-state index < -0.39 is 44.5 Å². The molecule has 0 spiro atoms. The molecule has 2 amide bonds. The number of cyclic esters (lactones) is 1. The van der Waals surface area contributed by atoms with Gasteiger partial charge in [0.2, 0.25) is 5.91 Å². The Balaban J connectivity index is 1.99. The number of hydrogen-bond acceptors (Lipinski definition) is 7. The average Bonchev–Trinajstić information content (AvgIpc) is 3.18. The molecule has 1 fully saturated rings. The lowest BCUT2D eigenvalue weighted by Gasteiger charge is -2.38. The molecular formula is C30H51NO7Si. The van der Waals surface area contributed by atoms with E-state index in [4.69, 9.17) is 18.6 Å². The van der Waals surface area contributed by atoms with E-state index >= 15 is 0 Å². The SMILES string of the molecule is COCO[C@@H]([C@@H](C)CC[C@H](O)[C@@H](C)C(=O)N1C(=O)O[C@@H](c2ccccc2)[C@H]1C)[C@@H](C)CO[Si](C)(C)C(C)(C)C. The van der Waals surface area contributed by atoms with Crippen molar-refractivity contribution in [2.45, 2.75) is 104 Å². The van der Waals surface area contributed by atoms with Gasteiger partial charge in [0.25, 0.3) is 0 Å². The first-order valence-electron chi connectivity index (χ1n) is 14.1. The van der Waals surface area contributed by atoms with Crippen LogP contribution < -0.4 is 0 Å². The number of amides is 2. The summed E-state index contributed by atoms with van der Waals surface area (Å²) in [6.45, 7) is 19.6. The largest absolute Gasteiger partial charge is 0.439 e. The minimum atomic E-state index is -1.90. The van der Waals surface area contributed by atoms with E-state index in [0.717, 1.165) is 10.5 Å². The van der Waals surface area contributed by atoms with E-state index in [1.54, 1.807) is 21.0 Å². The number of benzene rings is 1. The van der Waals surface area contributed by atoms with Crippen LogP contribution in [0.4, 0.5) is 4.79 Å². The maximum absolute atomic E-state index is 13.3. The third-order valence-corrected chi connectivity index (χ3v) is 13.0. The minimum Gasteiger partial charge on any atom is -0.439 e. The number of carbonyl (C=O) groups is 2. The second-order valence-electron chi connectivity index (χ2n) is 12.7. The van der Waals surface area contributed by atoms with Crippen LogP contribution in [0.2, 0.25) is 18.1 Å². The fourth-order valence-electron chi connectivity index (χ4n) is 4.76. The number of rotatable bonds is 14. The molecule has 1 saturated heterocycles. The summed E-state index contributed by atoms with van der Waals surface area (Å²) in [6.07, 6.45) is -1.19. The lowest BCUT2D eigenvalue weighted by molar-refractivity contribution is -0.136. The van der Waals surface area contributed by atoms with Gasteiger partial charge in [-0.15, -0.1) is 0 Å². The molecule has 0 unspecified atom stereocenters. The van der Waals surface area contributed by atoms with Gasteiger partial charge in [0.05, 0.1) is 24.2 Å². The molecule has 1 N–H and O–H groups in total. The summed E-state index contributed by atoms with van der Waals surface area (Å²) >= 11 is 0. The molecule has 0 radical (unpaired) electrons. The van der Waals surface area contributed by atoms with Crippen molar-refractivity contribution in [3.8, 4) is 0 Å². The Morgan fingerprint density at radius 1 is 1.10 bits per heavy atom. The molecule has 2 rings (SSSR count). The molecule has 7 atom stereocenters. The summed E-state index contributed by atoms with van der Waals surface area (Å²) < 4.78 is 23.2. The number of methoxy groups -OCH3 is 1. The first-order chi connectivity index (χ1) is 18.1. The molecule has 39 heavy (non-hydrogen) atoms. The number of aliphatic hydroxyl groups is 1. The standard InChI is InChI=1S/C30H51NO7Si/c1-20(26(36-19-35-8)21(2)18-37-39(9,10)30(5,6)7)16-17-25(32)22(3)28(33)31-23(4)27(38-29(31)34)24-14-12-11-13-15-24/h11-15,20-23,25-27,32H,16-19H2,1-10H3/t20-,21-,22+,23+,25-,26-,27+/m0/s1. The third-order valence-electron chi connectivity index (χ3n) is 8.53. The molecule has 222 valence electrons. The highest BCUT2D eigenvalue weighted by molar-refractivity contribution is 6.74. The quantitative estimate of drug-likeness (QED) is 0.213. The summed E-state index contributed by atoms with van der Waals surface area (Å²) in [7, 11) is -0.302. The van der Waals surface area contributed by atoms with Gasteiger partial charge in [-0.05, 0) is 49.4 Å². The van der Waals surface area contributed by atoms with E-state index in [1.807, 2.05) is 30.3 Å². The molecule has 0 saturated carbocycles. The number of imide groups is 1. The van der Waals surface area contributed by atoms with E-state index in [2.05, 4.69) is 47.7 Å². The Kier molecular flexibility index (Phi) is 12.2.